The molecular weight excluding hydrogens is 200 g/mol. The molecule has 14 heavy (non-hydrogen) atoms. The second-order valence-electron chi connectivity index (χ2n) is 2.68. The second-order valence-corrected chi connectivity index (χ2v) is 3.12. The van der Waals surface area contributed by atoms with E-state index >= 15 is 0 Å². The largest absolute Gasteiger partial charge is 0.491 e. The van der Waals surface area contributed by atoms with Gasteiger partial charge in [0.1, 0.15) is 12.4 Å². The Morgan fingerprint density at radius 1 is 1.57 bits per heavy atom. The second kappa shape index (κ2) is 6.40. The summed E-state index contributed by atoms with van der Waals surface area (Å²) in [5.41, 5.74) is 0. The number of aromatic nitrogens is 1. The molecule has 0 aromatic carbocycles. The number of ether oxygens (including phenoxy) is 1. The van der Waals surface area contributed by atoms with Gasteiger partial charge >= 0.3 is 0 Å². The molecule has 3 nitrogen and oxygen atoms in total. The first-order valence-corrected chi connectivity index (χ1v) is 4.75. The van der Waals surface area contributed by atoms with E-state index in [4.69, 9.17) is 16.3 Å². The summed E-state index contributed by atoms with van der Waals surface area (Å²) in [7, 11) is 0. The topological polar surface area (TPSA) is 34.1 Å². The number of pyridine rings is 1. The third kappa shape index (κ3) is 4.25. The Balaban J connectivity index is 2.21. The van der Waals surface area contributed by atoms with E-state index in [-0.39, 0.29) is 0 Å². The maximum absolute atomic E-state index is 5.74. The summed E-state index contributed by atoms with van der Waals surface area (Å²) < 4.78 is 5.39. The Morgan fingerprint density at radius 2 is 2.43 bits per heavy atom. The fourth-order valence-electron chi connectivity index (χ4n) is 0.916. The lowest BCUT2D eigenvalue weighted by atomic mass is 10.4. The molecule has 0 aliphatic heterocycles. The van der Waals surface area contributed by atoms with Crippen molar-refractivity contribution in [1.29, 1.82) is 0 Å². The molecular formula is C10H13ClN2O. The van der Waals surface area contributed by atoms with Gasteiger partial charge in [-0.05, 0) is 0 Å². The first kappa shape index (κ1) is 11.0. The Bertz CT molecular complexity index is 291. The van der Waals surface area contributed by atoms with Crippen LogP contribution in [0.4, 0.5) is 0 Å². The van der Waals surface area contributed by atoms with E-state index in [1.165, 1.54) is 0 Å². The zero-order valence-corrected chi connectivity index (χ0v) is 8.63. The molecule has 0 fully saturated rings. The van der Waals surface area contributed by atoms with Crippen LogP contribution in [-0.2, 0) is 0 Å². The molecule has 0 spiro atoms. The molecule has 1 N–H and O–H groups in total. The molecule has 0 amide bonds. The average Bonchev–Trinajstić information content (AvgIpc) is 2.18. The molecule has 0 aliphatic carbocycles. The van der Waals surface area contributed by atoms with Crippen LogP contribution >= 0.6 is 11.6 Å². The van der Waals surface area contributed by atoms with Crippen molar-refractivity contribution in [3.05, 3.63) is 36.1 Å². The van der Waals surface area contributed by atoms with Gasteiger partial charge in [-0.25, -0.2) is 0 Å². The molecule has 0 atom stereocenters. The smallest absolute Gasteiger partial charge is 0.139 e. The molecule has 0 saturated heterocycles. The van der Waals surface area contributed by atoms with Gasteiger partial charge in [-0.1, -0.05) is 17.7 Å². The van der Waals surface area contributed by atoms with Crippen LogP contribution in [0.15, 0.2) is 31.1 Å². The van der Waals surface area contributed by atoms with Crippen LogP contribution in [0.3, 0.4) is 0 Å². The Hall–Kier alpha value is -1.06. The van der Waals surface area contributed by atoms with E-state index in [0.29, 0.717) is 17.4 Å². The molecule has 76 valence electrons. The summed E-state index contributed by atoms with van der Waals surface area (Å²) in [6.07, 6.45) is 5.02. The third-order valence-corrected chi connectivity index (χ3v) is 1.72. The number of hydrogen-bond acceptors (Lipinski definition) is 3. The summed E-state index contributed by atoms with van der Waals surface area (Å²) in [6.45, 7) is 5.76. The minimum Gasteiger partial charge on any atom is -0.491 e. The fourth-order valence-corrected chi connectivity index (χ4v) is 1.08. The Morgan fingerprint density at radius 3 is 3.14 bits per heavy atom. The zero-order chi connectivity index (χ0) is 10.2. The van der Waals surface area contributed by atoms with Gasteiger partial charge in [-0.15, -0.1) is 6.58 Å². The average molecular weight is 213 g/mol. The number of nitrogens with zero attached hydrogens (tertiary/aromatic N) is 1. The van der Waals surface area contributed by atoms with Crippen LogP contribution < -0.4 is 10.1 Å². The molecule has 1 aromatic rings. The molecule has 0 radical (unpaired) electrons. The number of halogens is 1. The van der Waals surface area contributed by atoms with E-state index in [0.717, 1.165) is 13.1 Å². The molecule has 0 bridgehead atoms. The van der Waals surface area contributed by atoms with E-state index in [1.54, 1.807) is 24.5 Å². The van der Waals surface area contributed by atoms with Crippen LogP contribution in [0.5, 0.6) is 5.75 Å². The summed E-state index contributed by atoms with van der Waals surface area (Å²) in [4.78, 5) is 3.91. The summed E-state index contributed by atoms with van der Waals surface area (Å²) in [6, 6.07) is 1.74. The lowest BCUT2D eigenvalue weighted by molar-refractivity contribution is 0.315. The number of rotatable bonds is 6. The van der Waals surface area contributed by atoms with Crippen molar-refractivity contribution in [2.24, 2.45) is 0 Å². The first-order chi connectivity index (χ1) is 6.83. The van der Waals surface area contributed by atoms with Crippen LogP contribution in [0.1, 0.15) is 0 Å². The van der Waals surface area contributed by atoms with Gasteiger partial charge in [-0.2, -0.15) is 0 Å². The Kier molecular flexibility index (Phi) is 5.04. The van der Waals surface area contributed by atoms with Gasteiger partial charge in [0.2, 0.25) is 0 Å². The predicted molar refractivity (Wildman–Crippen MR) is 57.8 cm³/mol. The van der Waals surface area contributed by atoms with E-state index in [9.17, 15) is 0 Å². The lowest BCUT2D eigenvalue weighted by Gasteiger charge is -2.05. The van der Waals surface area contributed by atoms with Crippen LogP contribution in [0, 0.1) is 0 Å². The summed E-state index contributed by atoms with van der Waals surface area (Å²) in [5, 5.41) is 3.71. The van der Waals surface area contributed by atoms with Gasteiger partial charge < -0.3 is 10.1 Å². The maximum Gasteiger partial charge on any atom is 0.139 e. The third-order valence-electron chi connectivity index (χ3n) is 1.52. The molecule has 0 unspecified atom stereocenters. The molecule has 0 aliphatic rings. The first-order valence-electron chi connectivity index (χ1n) is 4.38. The monoisotopic (exact) mass is 212 g/mol. The molecule has 4 heteroatoms. The van der Waals surface area contributed by atoms with E-state index < -0.39 is 0 Å². The van der Waals surface area contributed by atoms with Crippen molar-refractivity contribution < 1.29 is 4.74 Å². The standard InChI is InChI=1S/C10H13ClN2O/c1-2-3-12-4-5-14-10-6-9(11)7-13-8-10/h2,6-8,12H,1,3-5H2. The number of hydrogen-bond donors (Lipinski definition) is 1. The zero-order valence-electron chi connectivity index (χ0n) is 7.87. The van der Waals surface area contributed by atoms with Gasteiger partial charge in [0.15, 0.2) is 0 Å². The molecule has 1 aromatic heterocycles. The van der Waals surface area contributed by atoms with Crippen molar-refractivity contribution in [3.63, 3.8) is 0 Å². The predicted octanol–water partition coefficient (Wildman–Crippen LogP) is 1.89. The minimum absolute atomic E-state index is 0.585. The minimum atomic E-state index is 0.585. The molecule has 1 heterocycles. The van der Waals surface area contributed by atoms with Gasteiger partial charge in [0.25, 0.3) is 0 Å². The number of nitrogens with one attached hydrogen (secondary N) is 1. The quantitative estimate of drug-likeness (QED) is 0.578. The lowest BCUT2D eigenvalue weighted by Crippen LogP contribution is -2.20. The molecule has 1 rings (SSSR count). The van der Waals surface area contributed by atoms with Crippen molar-refractivity contribution in [3.8, 4) is 5.75 Å². The fraction of sp³-hybridized carbons (Fsp3) is 0.300. The normalized spacial score (nSPS) is 9.79. The highest BCUT2D eigenvalue weighted by molar-refractivity contribution is 6.30. The van der Waals surface area contributed by atoms with Gasteiger partial charge in [0.05, 0.1) is 11.2 Å². The highest BCUT2D eigenvalue weighted by Gasteiger charge is 1.94. The van der Waals surface area contributed by atoms with Crippen molar-refractivity contribution in [2.45, 2.75) is 0 Å². The highest BCUT2D eigenvalue weighted by atomic mass is 35.5. The van der Waals surface area contributed by atoms with Crippen molar-refractivity contribution in [2.75, 3.05) is 19.7 Å². The van der Waals surface area contributed by atoms with E-state index in [1.807, 2.05) is 0 Å². The molecule has 0 saturated carbocycles. The van der Waals surface area contributed by atoms with Crippen LogP contribution in [0.2, 0.25) is 5.02 Å². The van der Waals surface area contributed by atoms with Crippen LogP contribution in [-0.4, -0.2) is 24.7 Å². The van der Waals surface area contributed by atoms with Crippen molar-refractivity contribution >= 4 is 11.6 Å². The summed E-state index contributed by atoms with van der Waals surface area (Å²) >= 11 is 5.74. The maximum atomic E-state index is 5.74. The summed E-state index contributed by atoms with van der Waals surface area (Å²) in [5.74, 6) is 0.693. The van der Waals surface area contributed by atoms with E-state index in [2.05, 4.69) is 16.9 Å². The highest BCUT2D eigenvalue weighted by Crippen LogP contribution is 2.14. The van der Waals surface area contributed by atoms with Gasteiger partial charge in [0, 0.05) is 25.4 Å². The Labute approximate surface area is 88.8 Å². The van der Waals surface area contributed by atoms with Crippen molar-refractivity contribution in [1.82, 2.24) is 10.3 Å². The SMILES string of the molecule is C=CCNCCOc1cncc(Cl)c1. The van der Waals surface area contributed by atoms with Gasteiger partial charge in [-0.3, -0.25) is 4.98 Å². The van der Waals surface area contributed by atoms with Crippen LogP contribution in [0.25, 0.3) is 0 Å².